The lowest BCUT2D eigenvalue weighted by molar-refractivity contribution is -0.108. The minimum atomic E-state index is 0.296. The highest BCUT2D eigenvalue weighted by molar-refractivity contribution is 5.77. The summed E-state index contributed by atoms with van der Waals surface area (Å²) < 4.78 is 2.31. The number of benzene rings is 1. The Kier molecular flexibility index (Phi) is 2.46. The van der Waals surface area contributed by atoms with Crippen LogP contribution in [0.1, 0.15) is 37.1 Å². The van der Waals surface area contributed by atoms with Gasteiger partial charge in [-0.25, -0.2) is 4.98 Å². The van der Waals surface area contributed by atoms with Gasteiger partial charge in [-0.3, -0.25) is 0 Å². The van der Waals surface area contributed by atoms with Crippen LogP contribution in [0.25, 0.3) is 11.0 Å². The third-order valence-corrected chi connectivity index (χ3v) is 3.65. The molecule has 0 fully saturated rings. The molecule has 1 unspecified atom stereocenters. The summed E-state index contributed by atoms with van der Waals surface area (Å²) in [5.74, 6) is 1.50. The number of aldehydes is 1. The standard InChI is InChI=1S/C14H16N2O/c1-10(6-8-17)11-4-5-12-13(9-11)16-7-2-3-14(16)15-12/h4-5,8-10H,2-3,6-7H2,1H3. The summed E-state index contributed by atoms with van der Waals surface area (Å²) in [6.45, 7) is 3.17. The van der Waals surface area contributed by atoms with Crippen molar-refractivity contribution in [1.29, 1.82) is 0 Å². The maximum absolute atomic E-state index is 10.6. The molecule has 0 spiro atoms. The van der Waals surface area contributed by atoms with Crippen molar-refractivity contribution in [2.75, 3.05) is 0 Å². The van der Waals surface area contributed by atoms with E-state index in [0.29, 0.717) is 12.3 Å². The molecular formula is C14H16N2O. The van der Waals surface area contributed by atoms with Gasteiger partial charge < -0.3 is 9.36 Å². The van der Waals surface area contributed by atoms with Gasteiger partial charge in [0.2, 0.25) is 0 Å². The van der Waals surface area contributed by atoms with Gasteiger partial charge in [0.05, 0.1) is 11.0 Å². The fourth-order valence-electron chi connectivity index (χ4n) is 2.61. The van der Waals surface area contributed by atoms with E-state index in [-0.39, 0.29) is 0 Å². The average molecular weight is 228 g/mol. The molecule has 0 saturated heterocycles. The molecule has 3 heteroatoms. The third kappa shape index (κ3) is 1.66. The molecule has 0 bridgehead atoms. The average Bonchev–Trinajstić information content (AvgIpc) is 2.88. The van der Waals surface area contributed by atoms with Gasteiger partial charge in [0.1, 0.15) is 12.1 Å². The van der Waals surface area contributed by atoms with Crippen molar-refractivity contribution in [3.8, 4) is 0 Å². The van der Waals surface area contributed by atoms with Crippen LogP contribution in [0, 0.1) is 0 Å². The summed E-state index contributed by atoms with van der Waals surface area (Å²) in [5.41, 5.74) is 3.55. The Labute approximate surface area is 100 Å². The Balaban J connectivity index is 2.08. The van der Waals surface area contributed by atoms with Crippen LogP contribution < -0.4 is 0 Å². The smallest absolute Gasteiger partial charge is 0.120 e. The predicted molar refractivity (Wildman–Crippen MR) is 67.2 cm³/mol. The first-order valence-electron chi connectivity index (χ1n) is 6.22. The molecule has 1 aromatic carbocycles. The van der Waals surface area contributed by atoms with E-state index in [0.717, 1.165) is 24.8 Å². The fraction of sp³-hybridized carbons (Fsp3) is 0.429. The predicted octanol–water partition coefficient (Wildman–Crippen LogP) is 2.68. The Bertz CT molecular complexity index is 571. The van der Waals surface area contributed by atoms with Crippen molar-refractivity contribution in [2.45, 2.75) is 38.6 Å². The number of carbonyl (C=O) groups excluding carboxylic acids is 1. The van der Waals surface area contributed by atoms with Gasteiger partial charge in [-0.1, -0.05) is 13.0 Å². The van der Waals surface area contributed by atoms with Gasteiger partial charge in [0.25, 0.3) is 0 Å². The highest BCUT2D eigenvalue weighted by atomic mass is 16.1. The first-order valence-corrected chi connectivity index (χ1v) is 6.22. The second-order valence-corrected chi connectivity index (χ2v) is 4.83. The van der Waals surface area contributed by atoms with Gasteiger partial charge in [-0.2, -0.15) is 0 Å². The maximum atomic E-state index is 10.6. The molecule has 0 N–H and O–H groups in total. The Hall–Kier alpha value is -1.64. The van der Waals surface area contributed by atoms with Crippen LogP contribution >= 0.6 is 0 Å². The summed E-state index contributed by atoms with van der Waals surface area (Å²) in [5, 5.41) is 0. The number of hydrogen-bond acceptors (Lipinski definition) is 2. The molecule has 3 rings (SSSR count). The van der Waals surface area contributed by atoms with Crippen molar-refractivity contribution < 1.29 is 4.79 Å². The lowest BCUT2D eigenvalue weighted by Crippen LogP contribution is -1.96. The number of aryl methyl sites for hydroxylation is 2. The van der Waals surface area contributed by atoms with E-state index in [9.17, 15) is 4.79 Å². The maximum Gasteiger partial charge on any atom is 0.120 e. The molecule has 2 aromatic rings. The summed E-state index contributed by atoms with van der Waals surface area (Å²) in [6, 6.07) is 6.38. The molecule has 1 atom stereocenters. The van der Waals surface area contributed by atoms with Crippen LogP contribution in [0.3, 0.4) is 0 Å². The minimum Gasteiger partial charge on any atom is -0.328 e. The van der Waals surface area contributed by atoms with E-state index in [1.165, 1.54) is 23.3 Å². The Morgan fingerprint density at radius 3 is 3.24 bits per heavy atom. The molecular weight excluding hydrogens is 212 g/mol. The molecule has 88 valence electrons. The van der Waals surface area contributed by atoms with Crippen LogP contribution in [0.4, 0.5) is 0 Å². The second-order valence-electron chi connectivity index (χ2n) is 4.83. The van der Waals surface area contributed by atoms with Crippen molar-refractivity contribution >= 4 is 17.3 Å². The number of carbonyl (C=O) groups is 1. The molecule has 0 radical (unpaired) electrons. The van der Waals surface area contributed by atoms with E-state index < -0.39 is 0 Å². The zero-order valence-corrected chi connectivity index (χ0v) is 10.0. The van der Waals surface area contributed by atoms with E-state index in [4.69, 9.17) is 0 Å². The number of hydrogen-bond donors (Lipinski definition) is 0. The van der Waals surface area contributed by atoms with Gasteiger partial charge in [0, 0.05) is 19.4 Å². The monoisotopic (exact) mass is 228 g/mol. The summed E-state index contributed by atoms with van der Waals surface area (Å²) in [6.07, 6.45) is 3.88. The lowest BCUT2D eigenvalue weighted by atomic mass is 9.98. The third-order valence-electron chi connectivity index (χ3n) is 3.65. The van der Waals surface area contributed by atoms with E-state index in [1.807, 2.05) is 0 Å². The van der Waals surface area contributed by atoms with Crippen LogP contribution in [-0.2, 0) is 17.8 Å². The molecule has 0 saturated carbocycles. The zero-order valence-electron chi connectivity index (χ0n) is 10.0. The highest BCUT2D eigenvalue weighted by Crippen LogP contribution is 2.27. The zero-order chi connectivity index (χ0) is 11.8. The number of imidazole rings is 1. The molecule has 17 heavy (non-hydrogen) atoms. The topological polar surface area (TPSA) is 34.9 Å². The van der Waals surface area contributed by atoms with E-state index >= 15 is 0 Å². The summed E-state index contributed by atoms with van der Waals surface area (Å²) >= 11 is 0. The number of nitrogens with zero attached hydrogens (tertiary/aromatic N) is 2. The summed E-state index contributed by atoms with van der Waals surface area (Å²) in [7, 11) is 0. The van der Waals surface area contributed by atoms with Crippen molar-refractivity contribution in [2.24, 2.45) is 0 Å². The minimum absolute atomic E-state index is 0.296. The SMILES string of the molecule is CC(CC=O)c1ccc2nc3n(c2c1)CCC3. The normalized spacial score (nSPS) is 16.1. The van der Waals surface area contributed by atoms with Crippen molar-refractivity contribution in [1.82, 2.24) is 9.55 Å². The molecule has 1 aliphatic heterocycles. The quantitative estimate of drug-likeness (QED) is 0.757. The highest BCUT2D eigenvalue weighted by Gasteiger charge is 2.16. The second kappa shape index (κ2) is 3.99. The molecule has 0 amide bonds. The van der Waals surface area contributed by atoms with Crippen LogP contribution in [-0.4, -0.2) is 15.8 Å². The van der Waals surface area contributed by atoms with Crippen LogP contribution in [0.2, 0.25) is 0 Å². The molecule has 0 aliphatic carbocycles. The van der Waals surface area contributed by atoms with Gasteiger partial charge >= 0.3 is 0 Å². The van der Waals surface area contributed by atoms with Gasteiger partial charge in [-0.15, -0.1) is 0 Å². The van der Waals surface area contributed by atoms with Crippen LogP contribution in [0.15, 0.2) is 18.2 Å². The lowest BCUT2D eigenvalue weighted by Gasteiger charge is -2.08. The first kappa shape index (κ1) is 10.5. The number of rotatable bonds is 3. The number of fused-ring (bicyclic) bond motifs is 3. The van der Waals surface area contributed by atoms with Crippen LogP contribution in [0.5, 0.6) is 0 Å². The van der Waals surface area contributed by atoms with Crippen molar-refractivity contribution in [3.63, 3.8) is 0 Å². The van der Waals surface area contributed by atoms with Gasteiger partial charge in [0.15, 0.2) is 0 Å². The number of aromatic nitrogens is 2. The van der Waals surface area contributed by atoms with E-state index in [2.05, 4.69) is 34.7 Å². The summed E-state index contributed by atoms with van der Waals surface area (Å²) in [4.78, 5) is 15.2. The van der Waals surface area contributed by atoms with E-state index in [1.54, 1.807) is 0 Å². The largest absolute Gasteiger partial charge is 0.328 e. The Morgan fingerprint density at radius 2 is 2.41 bits per heavy atom. The first-order chi connectivity index (χ1) is 8.29. The molecule has 1 aliphatic rings. The fourth-order valence-corrected chi connectivity index (χ4v) is 2.61. The Morgan fingerprint density at radius 1 is 1.53 bits per heavy atom. The molecule has 1 aromatic heterocycles. The molecule has 2 heterocycles. The molecule has 3 nitrogen and oxygen atoms in total. The van der Waals surface area contributed by atoms with Crippen molar-refractivity contribution in [3.05, 3.63) is 29.6 Å². The van der Waals surface area contributed by atoms with Gasteiger partial charge in [-0.05, 0) is 30.0 Å².